The molecule has 19 nitrogen and oxygen atoms in total. The van der Waals surface area contributed by atoms with Crippen molar-refractivity contribution in [3.63, 3.8) is 0 Å². The van der Waals surface area contributed by atoms with Gasteiger partial charge in [-0.2, -0.15) is 0 Å². The molecule has 0 aliphatic heterocycles. The van der Waals surface area contributed by atoms with Crippen molar-refractivity contribution in [2.45, 2.75) is 135 Å². The van der Waals surface area contributed by atoms with Crippen molar-refractivity contribution in [2.75, 3.05) is 19.7 Å². The standard InChI is InChI=1S/C61H63NO14.C4H11NO3/c1-57(2,3)76-49(68)21-27-60-35-58(25-19-44(63)50-52(46(65)22-28-70-50)73-31-41-13-7-4-8-14-41)34-59(36-60,26-20-45(64)51-53(47(66)23-29-71-51)74-32-42-15-9-5-10-16-42)38-61(37-58,39-60)40-62-56(69)55-54(48(67)24-30-72-55)75-33-43-17-11-6-12-18-43;5-1-3(7)4(8)2-6/h4-18,22-24,28-30H,19-21,25-27,31-40H2,1-3H3,(H,62,69);3-4,6-8H,1-2,5H2/t58-,59+,60?,61?;. The van der Waals surface area contributed by atoms with Crippen LogP contribution in [-0.4, -0.2) is 76.3 Å². The van der Waals surface area contributed by atoms with E-state index in [0.717, 1.165) is 23.0 Å². The van der Waals surface area contributed by atoms with Crippen molar-refractivity contribution in [2.24, 2.45) is 27.4 Å². The number of esters is 1. The zero-order chi connectivity index (χ0) is 60.1. The van der Waals surface area contributed by atoms with E-state index < -0.39 is 79.8 Å². The number of aliphatic hydroxyl groups is 3. The van der Waals surface area contributed by atoms with E-state index in [4.69, 9.17) is 53.3 Å². The predicted molar refractivity (Wildman–Crippen MR) is 307 cm³/mol. The van der Waals surface area contributed by atoms with Gasteiger partial charge in [0, 0.05) is 50.6 Å². The zero-order valence-corrected chi connectivity index (χ0v) is 47.6. The van der Waals surface area contributed by atoms with Crippen molar-refractivity contribution >= 4 is 23.4 Å². The molecule has 6 N–H and O–H groups in total. The van der Waals surface area contributed by atoms with Crippen molar-refractivity contribution in [1.29, 1.82) is 0 Å². The highest BCUT2D eigenvalue weighted by Crippen LogP contribution is 2.76. The molecular weight excluding hydrogens is 1080 g/mol. The summed E-state index contributed by atoms with van der Waals surface area (Å²) >= 11 is 0. The minimum Gasteiger partial charge on any atom is -0.481 e. The molecule has 0 radical (unpaired) electrons. The summed E-state index contributed by atoms with van der Waals surface area (Å²) in [5, 5.41) is 28.4. The molecule has 1 amide bonds. The van der Waals surface area contributed by atoms with Gasteiger partial charge in [0.05, 0.1) is 31.5 Å². The fraction of sp³-hybridized carbons (Fsp3) is 0.431. The lowest BCUT2D eigenvalue weighted by Crippen LogP contribution is -2.63. The van der Waals surface area contributed by atoms with Crippen LogP contribution in [0.25, 0.3) is 0 Å². The molecule has 4 aliphatic rings. The third-order valence-corrected chi connectivity index (χ3v) is 15.9. The van der Waals surface area contributed by atoms with Gasteiger partial charge in [0.15, 0.2) is 0 Å². The van der Waals surface area contributed by atoms with Crippen LogP contribution in [0, 0.1) is 21.7 Å². The van der Waals surface area contributed by atoms with Crippen molar-refractivity contribution in [3.8, 4) is 17.2 Å². The maximum Gasteiger partial charge on any atom is 0.306 e. The minimum atomic E-state index is -1.10. The van der Waals surface area contributed by atoms with Gasteiger partial charge < -0.3 is 58.6 Å². The maximum atomic E-state index is 14.5. The second kappa shape index (κ2) is 27.2. The first kappa shape index (κ1) is 62.1. The SMILES string of the molecule is CC(C)(C)OC(=O)CCC12CC3(CNC(=O)c4occc(=O)c4OCc4ccccc4)C[C@](CCC(=O)c4occc(=O)c4OCc4ccccc4)(C1)C[C@](CCC(=O)c1occc(=O)c1OCc1ccccc1)(C2)C3.NCC(O)C(O)CO. The lowest BCUT2D eigenvalue weighted by atomic mass is 9.33. The van der Waals surface area contributed by atoms with Crippen LogP contribution in [0.2, 0.25) is 0 Å². The normalized spacial score (nSPS) is 21.0. The summed E-state index contributed by atoms with van der Waals surface area (Å²) in [5.41, 5.74) is 2.71. The monoisotopic (exact) mass is 1150 g/mol. The minimum absolute atomic E-state index is 0.0164. The fourth-order valence-electron chi connectivity index (χ4n) is 13.2. The number of carbonyl (C=O) groups is 4. The molecule has 4 aliphatic carbocycles. The number of benzene rings is 3. The Morgan fingerprint density at radius 2 is 0.893 bits per heavy atom. The van der Waals surface area contributed by atoms with Crippen molar-refractivity contribution in [1.82, 2.24) is 5.32 Å². The van der Waals surface area contributed by atoms with E-state index in [1.807, 2.05) is 112 Å². The van der Waals surface area contributed by atoms with Gasteiger partial charge in [-0.1, -0.05) is 91.0 Å². The lowest BCUT2D eigenvalue weighted by Gasteiger charge is -2.71. The third kappa shape index (κ3) is 15.8. The van der Waals surface area contributed by atoms with E-state index in [1.165, 1.54) is 30.7 Å². The number of ether oxygens (including phenoxy) is 4. The molecule has 3 aromatic carbocycles. The van der Waals surface area contributed by atoms with Gasteiger partial charge in [-0.05, 0) is 117 Å². The van der Waals surface area contributed by atoms with Crippen LogP contribution in [-0.2, 0) is 29.4 Å². The van der Waals surface area contributed by atoms with Gasteiger partial charge >= 0.3 is 5.97 Å². The van der Waals surface area contributed by atoms with E-state index in [2.05, 4.69) is 5.32 Å². The molecule has 4 saturated carbocycles. The third-order valence-electron chi connectivity index (χ3n) is 15.9. The molecular formula is C65H74N2O17. The Morgan fingerprint density at radius 3 is 1.25 bits per heavy atom. The maximum absolute atomic E-state index is 14.5. The molecule has 84 heavy (non-hydrogen) atoms. The lowest BCUT2D eigenvalue weighted by molar-refractivity contribution is -0.208. The first-order valence-electron chi connectivity index (χ1n) is 28.3. The van der Waals surface area contributed by atoms with Crippen molar-refractivity contribution in [3.05, 3.63) is 193 Å². The summed E-state index contributed by atoms with van der Waals surface area (Å²) in [6.07, 6.45) is 6.20. The Labute approximate surface area is 486 Å². The van der Waals surface area contributed by atoms with Gasteiger partial charge in [-0.15, -0.1) is 0 Å². The molecule has 446 valence electrons. The average Bonchev–Trinajstić information content (AvgIpc) is 0.776. The van der Waals surface area contributed by atoms with Gasteiger partial charge in [-0.3, -0.25) is 33.6 Å². The molecule has 0 spiro atoms. The van der Waals surface area contributed by atoms with Gasteiger partial charge in [0.2, 0.25) is 62.4 Å². The Bertz CT molecular complexity index is 3070. The Kier molecular flexibility index (Phi) is 20.1. The second-order valence-electron chi connectivity index (χ2n) is 23.9. The number of Topliss-reactive ketones (excluding diaryl/α,β-unsaturated/α-hetero) is 2. The summed E-state index contributed by atoms with van der Waals surface area (Å²) in [4.78, 5) is 96.8. The summed E-state index contributed by atoms with van der Waals surface area (Å²) in [6.45, 7) is 5.19. The van der Waals surface area contributed by atoms with Gasteiger partial charge in [-0.25, -0.2) is 0 Å². The molecule has 3 heterocycles. The predicted octanol–water partition coefficient (Wildman–Crippen LogP) is 8.45. The number of amides is 1. The summed E-state index contributed by atoms with van der Waals surface area (Å²) in [7, 11) is 0. The van der Waals surface area contributed by atoms with Gasteiger partial charge in [0.25, 0.3) is 5.91 Å². The molecule has 4 fully saturated rings. The van der Waals surface area contributed by atoms with Crippen LogP contribution < -0.4 is 41.5 Å². The number of carbonyl (C=O) groups excluding carboxylic acids is 4. The van der Waals surface area contributed by atoms with E-state index in [9.17, 15) is 33.6 Å². The number of nitrogens with two attached hydrogens (primary N) is 1. The van der Waals surface area contributed by atoms with E-state index in [-0.39, 0.29) is 92.7 Å². The first-order chi connectivity index (χ1) is 40.2. The number of rotatable bonds is 26. The number of hydrogen-bond donors (Lipinski definition) is 5. The number of ketones is 2. The Morgan fingerprint density at radius 1 is 0.536 bits per heavy atom. The largest absolute Gasteiger partial charge is 0.481 e. The smallest absolute Gasteiger partial charge is 0.306 e. The topological polar surface area (TPSA) is 295 Å². The number of hydrogen-bond acceptors (Lipinski definition) is 18. The number of nitrogens with one attached hydrogen (secondary N) is 1. The highest BCUT2D eigenvalue weighted by Gasteiger charge is 2.67. The second-order valence-corrected chi connectivity index (χ2v) is 23.9. The molecule has 10 rings (SSSR count). The van der Waals surface area contributed by atoms with E-state index >= 15 is 0 Å². The summed E-state index contributed by atoms with van der Waals surface area (Å²) in [5.74, 6) is -3.08. The molecule has 0 saturated heterocycles. The Hall–Kier alpha value is -7.97. The summed E-state index contributed by atoms with van der Waals surface area (Å²) in [6, 6.07) is 31.4. The van der Waals surface area contributed by atoms with Crippen LogP contribution >= 0.6 is 0 Å². The highest BCUT2D eigenvalue weighted by molar-refractivity contribution is 5.96. The zero-order valence-electron chi connectivity index (χ0n) is 47.6. The van der Waals surface area contributed by atoms with Crippen LogP contribution in [0.4, 0.5) is 0 Å². The van der Waals surface area contributed by atoms with E-state index in [0.29, 0.717) is 57.8 Å². The van der Waals surface area contributed by atoms with Crippen LogP contribution in [0.5, 0.6) is 17.2 Å². The molecule has 4 bridgehead atoms. The van der Waals surface area contributed by atoms with Crippen LogP contribution in [0.1, 0.15) is 146 Å². The highest BCUT2D eigenvalue weighted by atomic mass is 16.6. The fourth-order valence-corrected chi connectivity index (χ4v) is 13.2. The number of aliphatic hydroxyl groups excluding tert-OH is 3. The molecule has 4 unspecified atom stereocenters. The first-order valence-corrected chi connectivity index (χ1v) is 28.3. The Balaban J connectivity index is 0.00000107. The molecule has 6 atom stereocenters. The van der Waals surface area contributed by atoms with Crippen LogP contribution in [0.15, 0.2) is 156 Å². The summed E-state index contributed by atoms with van der Waals surface area (Å²) < 4.78 is 41.0. The molecule has 19 heteroatoms. The van der Waals surface area contributed by atoms with Crippen molar-refractivity contribution < 1.29 is 66.7 Å². The average molecular weight is 1160 g/mol. The van der Waals surface area contributed by atoms with Crippen LogP contribution in [0.3, 0.4) is 0 Å². The van der Waals surface area contributed by atoms with E-state index in [1.54, 1.807) is 0 Å². The molecule has 6 aromatic rings. The van der Waals surface area contributed by atoms with Gasteiger partial charge in [0.1, 0.15) is 31.5 Å². The molecule has 3 aromatic heterocycles. The quantitative estimate of drug-likeness (QED) is 0.0251.